The Labute approximate surface area is 110 Å². The minimum atomic E-state index is 0.713. The van der Waals surface area contributed by atoms with Gasteiger partial charge in [0.05, 0.1) is 0 Å². The third-order valence-corrected chi connectivity index (χ3v) is 4.67. The molecule has 3 rings (SSSR count). The summed E-state index contributed by atoms with van der Waals surface area (Å²) in [5, 5.41) is 3.80. The predicted octanol–water partition coefficient (Wildman–Crippen LogP) is 2.71. The average molecular weight is 244 g/mol. The molecule has 2 fully saturated rings. The summed E-state index contributed by atoms with van der Waals surface area (Å²) >= 11 is 0. The highest BCUT2D eigenvalue weighted by molar-refractivity contribution is 5.25. The number of piperidine rings is 1. The molecule has 0 bridgehead atoms. The first kappa shape index (κ1) is 12.2. The van der Waals surface area contributed by atoms with Crippen LogP contribution in [0.25, 0.3) is 0 Å². The Balaban J connectivity index is 1.59. The number of nitrogens with zero attached hydrogens (tertiary/aromatic N) is 1. The molecule has 2 aliphatic rings. The summed E-state index contributed by atoms with van der Waals surface area (Å²) in [6, 6.07) is 10.2. The van der Waals surface area contributed by atoms with Crippen LogP contribution in [0.5, 0.6) is 0 Å². The van der Waals surface area contributed by atoms with Crippen LogP contribution in [0.1, 0.15) is 36.8 Å². The van der Waals surface area contributed by atoms with Gasteiger partial charge in [-0.3, -0.25) is 4.90 Å². The maximum atomic E-state index is 3.80. The first-order valence-electron chi connectivity index (χ1n) is 7.36. The van der Waals surface area contributed by atoms with Crippen molar-refractivity contribution in [1.82, 2.24) is 10.2 Å². The SMILES string of the molecule is Cc1ccccc1CNC1CCN2CCCCC12. The molecule has 2 saturated heterocycles. The van der Waals surface area contributed by atoms with Gasteiger partial charge in [0.15, 0.2) is 0 Å². The lowest BCUT2D eigenvalue weighted by Crippen LogP contribution is -2.44. The van der Waals surface area contributed by atoms with E-state index in [9.17, 15) is 0 Å². The molecule has 0 spiro atoms. The Morgan fingerprint density at radius 3 is 2.94 bits per heavy atom. The lowest BCUT2D eigenvalue weighted by molar-refractivity contribution is 0.180. The molecule has 18 heavy (non-hydrogen) atoms. The number of rotatable bonds is 3. The van der Waals surface area contributed by atoms with Gasteiger partial charge >= 0.3 is 0 Å². The largest absolute Gasteiger partial charge is 0.308 e. The van der Waals surface area contributed by atoms with E-state index in [0.29, 0.717) is 6.04 Å². The molecular formula is C16H24N2. The van der Waals surface area contributed by atoms with E-state index in [0.717, 1.165) is 12.6 Å². The van der Waals surface area contributed by atoms with Crippen molar-refractivity contribution in [2.75, 3.05) is 13.1 Å². The molecule has 2 heterocycles. The van der Waals surface area contributed by atoms with Gasteiger partial charge in [0, 0.05) is 25.2 Å². The van der Waals surface area contributed by atoms with Crippen LogP contribution in [0, 0.1) is 6.92 Å². The number of hydrogen-bond acceptors (Lipinski definition) is 2. The van der Waals surface area contributed by atoms with E-state index in [1.807, 2.05) is 0 Å². The number of aryl methyl sites for hydroxylation is 1. The Morgan fingerprint density at radius 2 is 2.06 bits per heavy atom. The van der Waals surface area contributed by atoms with E-state index in [4.69, 9.17) is 0 Å². The number of nitrogens with one attached hydrogen (secondary N) is 1. The molecule has 1 aromatic carbocycles. The quantitative estimate of drug-likeness (QED) is 0.879. The monoisotopic (exact) mass is 244 g/mol. The third-order valence-electron chi connectivity index (χ3n) is 4.67. The van der Waals surface area contributed by atoms with Crippen molar-refractivity contribution in [1.29, 1.82) is 0 Å². The third kappa shape index (κ3) is 2.45. The van der Waals surface area contributed by atoms with Crippen molar-refractivity contribution in [2.24, 2.45) is 0 Å². The van der Waals surface area contributed by atoms with Crippen molar-refractivity contribution >= 4 is 0 Å². The normalized spacial score (nSPS) is 28.3. The second-order valence-electron chi connectivity index (χ2n) is 5.80. The topological polar surface area (TPSA) is 15.3 Å². The Hall–Kier alpha value is -0.860. The molecule has 1 N–H and O–H groups in total. The van der Waals surface area contributed by atoms with Crippen LogP contribution < -0.4 is 5.32 Å². The van der Waals surface area contributed by atoms with Crippen LogP contribution in [-0.4, -0.2) is 30.1 Å². The summed E-state index contributed by atoms with van der Waals surface area (Å²) in [6.07, 6.45) is 5.55. The molecule has 0 amide bonds. The van der Waals surface area contributed by atoms with E-state index < -0.39 is 0 Å². The zero-order valence-corrected chi connectivity index (χ0v) is 11.4. The summed E-state index contributed by atoms with van der Waals surface area (Å²) < 4.78 is 0. The maximum absolute atomic E-state index is 3.80. The van der Waals surface area contributed by atoms with E-state index >= 15 is 0 Å². The molecule has 0 aromatic heterocycles. The Morgan fingerprint density at radius 1 is 1.17 bits per heavy atom. The van der Waals surface area contributed by atoms with Gasteiger partial charge in [0.2, 0.25) is 0 Å². The highest BCUT2D eigenvalue weighted by Crippen LogP contribution is 2.27. The van der Waals surface area contributed by atoms with Gasteiger partial charge in [-0.15, -0.1) is 0 Å². The van der Waals surface area contributed by atoms with Gasteiger partial charge in [0.25, 0.3) is 0 Å². The summed E-state index contributed by atoms with van der Waals surface area (Å²) in [7, 11) is 0. The van der Waals surface area contributed by atoms with Gasteiger partial charge in [0.1, 0.15) is 0 Å². The Kier molecular flexibility index (Phi) is 3.67. The van der Waals surface area contributed by atoms with Crippen LogP contribution >= 0.6 is 0 Å². The molecule has 1 aromatic rings. The summed E-state index contributed by atoms with van der Waals surface area (Å²) in [5.41, 5.74) is 2.86. The molecule has 2 aliphatic heterocycles. The van der Waals surface area contributed by atoms with Gasteiger partial charge in [-0.05, 0) is 43.9 Å². The minimum absolute atomic E-state index is 0.713. The smallest absolute Gasteiger partial charge is 0.0249 e. The standard InChI is InChI=1S/C16H24N2/c1-13-6-2-3-7-14(13)12-17-15-9-11-18-10-5-4-8-16(15)18/h2-3,6-7,15-17H,4-5,8-12H2,1H3. The highest BCUT2D eigenvalue weighted by atomic mass is 15.2. The lowest BCUT2D eigenvalue weighted by atomic mass is 9.98. The van der Waals surface area contributed by atoms with Crippen molar-refractivity contribution < 1.29 is 0 Å². The van der Waals surface area contributed by atoms with Crippen molar-refractivity contribution in [3.05, 3.63) is 35.4 Å². The molecule has 0 aliphatic carbocycles. The number of hydrogen-bond donors (Lipinski definition) is 1. The fourth-order valence-electron chi connectivity index (χ4n) is 3.53. The second-order valence-corrected chi connectivity index (χ2v) is 5.80. The van der Waals surface area contributed by atoms with Crippen molar-refractivity contribution in [3.8, 4) is 0 Å². The Bertz CT molecular complexity index is 402. The van der Waals surface area contributed by atoms with E-state index in [1.165, 1.54) is 49.9 Å². The van der Waals surface area contributed by atoms with E-state index in [2.05, 4.69) is 41.4 Å². The van der Waals surface area contributed by atoms with Crippen LogP contribution in [0.15, 0.2) is 24.3 Å². The summed E-state index contributed by atoms with van der Waals surface area (Å²) in [4.78, 5) is 2.69. The molecule has 0 radical (unpaired) electrons. The average Bonchev–Trinajstić information content (AvgIpc) is 2.81. The fourth-order valence-corrected chi connectivity index (χ4v) is 3.53. The molecule has 2 atom stereocenters. The highest BCUT2D eigenvalue weighted by Gasteiger charge is 2.34. The van der Waals surface area contributed by atoms with Gasteiger partial charge in [-0.1, -0.05) is 30.7 Å². The van der Waals surface area contributed by atoms with Crippen LogP contribution in [0.2, 0.25) is 0 Å². The maximum Gasteiger partial charge on any atom is 0.0249 e. The lowest BCUT2D eigenvalue weighted by Gasteiger charge is -2.32. The fraction of sp³-hybridized carbons (Fsp3) is 0.625. The zero-order valence-electron chi connectivity index (χ0n) is 11.4. The predicted molar refractivity (Wildman–Crippen MR) is 75.6 cm³/mol. The number of benzene rings is 1. The summed E-state index contributed by atoms with van der Waals surface area (Å²) in [5.74, 6) is 0. The first-order chi connectivity index (χ1) is 8.84. The van der Waals surface area contributed by atoms with E-state index in [1.54, 1.807) is 0 Å². The van der Waals surface area contributed by atoms with Gasteiger partial charge in [-0.2, -0.15) is 0 Å². The second kappa shape index (κ2) is 5.41. The van der Waals surface area contributed by atoms with E-state index in [-0.39, 0.29) is 0 Å². The molecule has 2 nitrogen and oxygen atoms in total. The van der Waals surface area contributed by atoms with Crippen LogP contribution in [0.3, 0.4) is 0 Å². The van der Waals surface area contributed by atoms with Crippen LogP contribution in [-0.2, 0) is 6.54 Å². The zero-order chi connectivity index (χ0) is 12.4. The number of fused-ring (bicyclic) bond motifs is 1. The molecular weight excluding hydrogens is 220 g/mol. The minimum Gasteiger partial charge on any atom is -0.308 e. The molecule has 2 unspecified atom stereocenters. The van der Waals surface area contributed by atoms with Gasteiger partial charge in [-0.25, -0.2) is 0 Å². The molecule has 98 valence electrons. The summed E-state index contributed by atoms with van der Waals surface area (Å²) in [6.45, 7) is 5.86. The molecule has 2 heteroatoms. The van der Waals surface area contributed by atoms with Crippen LogP contribution in [0.4, 0.5) is 0 Å². The van der Waals surface area contributed by atoms with Crippen molar-refractivity contribution in [3.63, 3.8) is 0 Å². The van der Waals surface area contributed by atoms with Gasteiger partial charge < -0.3 is 5.32 Å². The van der Waals surface area contributed by atoms with Crippen molar-refractivity contribution in [2.45, 2.75) is 51.2 Å². The molecule has 0 saturated carbocycles. The first-order valence-corrected chi connectivity index (χ1v) is 7.36.